The van der Waals surface area contributed by atoms with Crippen molar-refractivity contribution in [1.82, 2.24) is 5.32 Å². The van der Waals surface area contributed by atoms with Gasteiger partial charge in [-0.25, -0.2) is 0 Å². The molecule has 0 saturated carbocycles. The molecule has 4 heteroatoms. The minimum atomic E-state index is 0.267. The number of ether oxygens (including phenoxy) is 2. The highest BCUT2D eigenvalue weighted by atomic mass is 16.5. The second-order valence-corrected chi connectivity index (χ2v) is 6.29. The van der Waals surface area contributed by atoms with Crippen molar-refractivity contribution in [3.05, 3.63) is 59.2 Å². The number of nitriles is 1. The van der Waals surface area contributed by atoms with Crippen LogP contribution in [0.15, 0.2) is 42.5 Å². The van der Waals surface area contributed by atoms with Crippen LogP contribution >= 0.6 is 0 Å². The molecule has 1 N–H and O–H groups in total. The largest absolute Gasteiger partial charge is 0.493 e. The Bertz CT molecular complexity index is 720. The Kier molecular flexibility index (Phi) is 7.98. The van der Waals surface area contributed by atoms with Crippen LogP contribution in [0.2, 0.25) is 0 Å². The first kappa shape index (κ1) is 19.8. The van der Waals surface area contributed by atoms with Gasteiger partial charge in [0.15, 0.2) is 11.5 Å². The van der Waals surface area contributed by atoms with E-state index in [0.717, 1.165) is 24.3 Å². The van der Waals surface area contributed by atoms with E-state index in [1.165, 1.54) is 11.1 Å². The lowest BCUT2D eigenvalue weighted by Crippen LogP contribution is -2.18. The molecule has 4 nitrogen and oxygen atoms in total. The van der Waals surface area contributed by atoms with E-state index in [1.54, 1.807) is 7.11 Å². The van der Waals surface area contributed by atoms with Gasteiger partial charge < -0.3 is 14.8 Å². The third-order valence-electron chi connectivity index (χ3n) is 4.42. The van der Waals surface area contributed by atoms with E-state index in [4.69, 9.17) is 14.7 Å². The molecule has 0 spiro atoms. The fourth-order valence-electron chi connectivity index (χ4n) is 2.71. The summed E-state index contributed by atoms with van der Waals surface area (Å²) in [5, 5.41) is 12.2. The third kappa shape index (κ3) is 5.79. The number of aryl methyl sites for hydroxylation is 1. The zero-order valence-electron chi connectivity index (χ0n) is 15.9. The molecular formula is C22H28N2O2. The first-order valence-electron chi connectivity index (χ1n) is 9.16. The number of hydrogen-bond acceptors (Lipinski definition) is 4. The van der Waals surface area contributed by atoms with E-state index in [9.17, 15) is 0 Å². The van der Waals surface area contributed by atoms with Gasteiger partial charge >= 0.3 is 0 Å². The molecule has 0 radical (unpaired) electrons. The van der Waals surface area contributed by atoms with Gasteiger partial charge in [-0.2, -0.15) is 5.26 Å². The SMILES string of the molecule is CCc1ccc(C(C)NCc2ccc(OC)c(OCCCC#N)c2)cc1. The Hall–Kier alpha value is -2.51. The van der Waals surface area contributed by atoms with Crippen LogP contribution in [0.4, 0.5) is 0 Å². The molecule has 1 unspecified atom stereocenters. The van der Waals surface area contributed by atoms with Crippen molar-refractivity contribution in [3.8, 4) is 17.6 Å². The molecule has 0 aromatic heterocycles. The van der Waals surface area contributed by atoms with Crippen LogP contribution in [-0.4, -0.2) is 13.7 Å². The molecule has 0 aliphatic carbocycles. The highest BCUT2D eigenvalue weighted by Crippen LogP contribution is 2.28. The number of methoxy groups -OCH3 is 1. The molecule has 0 bridgehead atoms. The summed E-state index contributed by atoms with van der Waals surface area (Å²) >= 11 is 0. The van der Waals surface area contributed by atoms with E-state index in [2.05, 4.69) is 49.5 Å². The maximum Gasteiger partial charge on any atom is 0.161 e. The first-order valence-corrected chi connectivity index (χ1v) is 9.16. The summed E-state index contributed by atoms with van der Waals surface area (Å²) in [4.78, 5) is 0. The highest BCUT2D eigenvalue weighted by molar-refractivity contribution is 5.43. The van der Waals surface area contributed by atoms with Crippen molar-refractivity contribution in [2.45, 2.75) is 45.7 Å². The summed E-state index contributed by atoms with van der Waals surface area (Å²) in [6.45, 7) is 5.60. The average Bonchev–Trinajstić information content (AvgIpc) is 2.69. The van der Waals surface area contributed by atoms with Crippen LogP contribution in [0.3, 0.4) is 0 Å². The minimum Gasteiger partial charge on any atom is -0.493 e. The van der Waals surface area contributed by atoms with Gasteiger partial charge in [0.1, 0.15) is 0 Å². The van der Waals surface area contributed by atoms with Gasteiger partial charge in [0.2, 0.25) is 0 Å². The second-order valence-electron chi connectivity index (χ2n) is 6.29. The number of unbranched alkanes of at least 4 members (excludes halogenated alkanes) is 1. The lowest BCUT2D eigenvalue weighted by atomic mass is 10.0. The summed E-state index contributed by atoms with van der Waals surface area (Å²) in [6.07, 6.45) is 2.27. The normalized spacial score (nSPS) is 11.6. The van der Waals surface area contributed by atoms with Crippen molar-refractivity contribution in [2.24, 2.45) is 0 Å². The summed E-state index contributed by atoms with van der Waals surface area (Å²) < 4.78 is 11.1. The van der Waals surface area contributed by atoms with Crippen LogP contribution < -0.4 is 14.8 Å². The average molecular weight is 352 g/mol. The zero-order valence-corrected chi connectivity index (χ0v) is 15.9. The van der Waals surface area contributed by atoms with E-state index in [1.807, 2.05) is 18.2 Å². The van der Waals surface area contributed by atoms with Crippen LogP contribution in [0.1, 0.15) is 49.4 Å². The summed E-state index contributed by atoms with van der Waals surface area (Å²) in [6, 6.07) is 17.1. The number of hydrogen-bond donors (Lipinski definition) is 1. The molecule has 2 aromatic rings. The highest BCUT2D eigenvalue weighted by Gasteiger charge is 2.08. The topological polar surface area (TPSA) is 54.3 Å². The van der Waals surface area contributed by atoms with E-state index >= 15 is 0 Å². The van der Waals surface area contributed by atoms with E-state index in [-0.39, 0.29) is 6.04 Å². The summed E-state index contributed by atoms with van der Waals surface area (Å²) in [5.74, 6) is 1.44. The van der Waals surface area contributed by atoms with Crippen LogP contribution in [0.5, 0.6) is 11.5 Å². The number of rotatable bonds is 10. The van der Waals surface area contributed by atoms with Gasteiger partial charge in [-0.3, -0.25) is 0 Å². The van der Waals surface area contributed by atoms with Crippen LogP contribution in [0, 0.1) is 11.3 Å². The molecular weight excluding hydrogens is 324 g/mol. The lowest BCUT2D eigenvalue weighted by molar-refractivity contribution is 0.290. The monoisotopic (exact) mass is 352 g/mol. The Morgan fingerprint density at radius 1 is 1.08 bits per heavy atom. The maximum atomic E-state index is 8.61. The molecule has 0 amide bonds. The molecule has 0 heterocycles. The van der Waals surface area contributed by atoms with Gasteiger partial charge in [-0.05, 0) is 48.6 Å². The van der Waals surface area contributed by atoms with E-state index in [0.29, 0.717) is 25.2 Å². The molecule has 2 aromatic carbocycles. The van der Waals surface area contributed by atoms with Crippen LogP contribution in [-0.2, 0) is 13.0 Å². The van der Waals surface area contributed by atoms with Gasteiger partial charge in [0.25, 0.3) is 0 Å². The minimum absolute atomic E-state index is 0.267. The third-order valence-corrected chi connectivity index (χ3v) is 4.42. The van der Waals surface area contributed by atoms with Crippen molar-refractivity contribution < 1.29 is 9.47 Å². The quantitative estimate of drug-likeness (QED) is 0.625. The molecule has 138 valence electrons. The summed E-state index contributed by atoms with van der Waals surface area (Å²) in [7, 11) is 1.64. The number of nitrogens with one attached hydrogen (secondary N) is 1. The van der Waals surface area contributed by atoms with Crippen molar-refractivity contribution in [3.63, 3.8) is 0 Å². The molecule has 0 aliphatic heterocycles. The molecule has 0 aliphatic rings. The van der Waals surface area contributed by atoms with Crippen molar-refractivity contribution >= 4 is 0 Å². The molecule has 0 saturated heterocycles. The van der Waals surface area contributed by atoms with Crippen molar-refractivity contribution in [2.75, 3.05) is 13.7 Å². The first-order chi connectivity index (χ1) is 12.7. The Balaban J connectivity index is 1.96. The van der Waals surface area contributed by atoms with Gasteiger partial charge in [0.05, 0.1) is 19.8 Å². The Morgan fingerprint density at radius 2 is 1.81 bits per heavy atom. The predicted octanol–water partition coefficient (Wildman–Crippen LogP) is 4.79. The van der Waals surface area contributed by atoms with Crippen LogP contribution in [0.25, 0.3) is 0 Å². The Labute approximate surface area is 156 Å². The number of benzene rings is 2. The predicted molar refractivity (Wildman–Crippen MR) is 104 cm³/mol. The fraction of sp³-hybridized carbons (Fsp3) is 0.409. The van der Waals surface area contributed by atoms with Gasteiger partial charge in [-0.15, -0.1) is 0 Å². The van der Waals surface area contributed by atoms with Crippen molar-refractivity contribution in [1.29, 1.82) is 5.26 Å². The molecule has 0 fully saturated rings. The molecule has 1 atom stereocenters. The van der Waals surface area contributed by atoms with E-state index < -0.39 is 0 Å². The standard InChI is InChI=1S/C22H28N2O2/c1-4-18-7-10-20(11-8-18)17(2)24-16-19-9-12-21(25-3)22(15-19)26-14-6-5-13-23/h7-12,15,17,24H,4-6,14,16H2,1-3H3. The molecule has 2 rings (SSSR count). The maximum absolute atomic E-state index is 8.61. The zero-order chi connectivity index (χ0) is 18.8. The number of nitrogens with zero attached hydrogens (tertiary/aromatic N) is 1. The fourth-order valence-corrected chi connectivity index (χ4v) is 2.71. The second kappa shape index (κ2) is 10.5. The Morgan fingerprint density at radius 3 is 2.46 bits per heavy atom. The van der Waals surface area contributed by atoms with Gasteiger partial charge in [0, 0.05) is 19.0 Å². The molecule has 26 heavy (non-hydrogen) atoms. The lowest BCUT2D eigenvalue weighted by Gasteiger charge is -2.16. The summed E-state index contributed by atoms with van der Waals surface area (Å²) in [5.41, 5.74) is 3.77. The van der Waals surface area contributed by atoms with Gasteiger partial charge in [-0.1, -0.05) is 37.3 Å². The smallest absolute Gasteiger partial charge is 0.161 e.